The maximum Gasteiger partial charge on any atom is 0.490 e. The van der Waals surface area contributed by atoms with E-state index in [0.717, 1.165) is 30.7 Å². The van der Waals surface area contributed by atoms with Crippen LogP contribution in [0.1, 0.15) is 25.0 Å². The Balaban J connectivity index is 0.000000541. The molecule has 2 saturated heterocycles. The molecule has 1 aliphatic carbocycles. The number of oxime groups is 1. The normalized spacial score (nSPS) is 23.0. The number of carbonyl (C=O) groups excluding carboxylic acids is 3. The molecule has 232 valence electrons. The lowest BCUT2D eigenvalue weighted by atomic mass is 10.0. The van der Waals surface area contributed by atoms with E-state index in [1.54, 1.807) is 6.08 Å². The van der Waals surface area contributed by atoms with Gasteiger partial charge in [0.1, 0.15) is 29.9 Å². The molecule has 4 aliphatic rings. The second kappa shape index (κ2) is 12.6. The van der Waals surface area contributed by atoms with Gasteiger partial charge in [-0.25, -0.2) is 14.6 Å². The summed E-state index contributed by atoms with van der Waals surface area (Å²) in [5.74, 6) is -4.49. The lowest BCUT2D eigenvalue weighted by Crippen LogP contribution is -2.71. The Labute approximate surface area is 249 Å². The number of β-lactam (4-membered cyclic amide) rings is 1. The van der Waals surface area contributed by atoms with Gasteiger partial charge >= 0.3 is 18.1 Å². The highest BCUT2D eigenvalue weighted by molar-refractivity contribution is 8.00. The number of carboxylic acid groups (broad SMARTS) is 2. The maximum absolute atomic E-state index is 13.0. The van der Waals surface area contributed by atoms with Crippen molar-refractivity contribution in [3.63, 3.8) is 0 Å². The Morgan fingerprint density at radius 3 is 2.49 bits per heavy atom. The predicted molar refractivity (Wildman–Crippen MR) is 145 cm³/mol. The number of hydrogen-bond donors (Lipinski definition) is 4. The van der Waals surface area contributed by atoms with Gasteiger partial charge in [-0.05, 0) is 36.8 Å². The molecule has 14 nitrogen and oxygen atoms in total. The van der Waals surface area contributed by atoms with Crippen LogP contribution in [0.2, 0.25) is 0 Å². The molecule has 1 saturated carbocycles. The van der Waals surface area contributed by atoms with Gasteiger partial charge in [0.2, 0.25) is 5.91 Å². The minimum absolute atomic E-state index is 0.0704. The van der Waals surface area contributed by atoms with Crippen LogP contribution in [0.25, 0.3) is 0 Å². The van der Waals surface area contributed by atoms with Gasteiger partial charge in [-0.15, -0.1) is 23.1 Å². The molecule has 0 bridgehead atoms. The monoisotopic (exact) mass is 646 g/mol. The standard InChI is InChI=1S/C22H24N6O6S2.C2HF3O2/c1-34-26-14(13-9-36-22(23)24-13)17(29)25-15-19(31)28-16(21(32)33)12(8-35-20(15)28)6-11-4-5-27(18(11)30)7-10-2-3-10;3-2(4,5)1(6)7/h6,9-10,15,20H,2-5,7-8H2,1H3,(H2,23,24)(H,25,29)(H,32,33);(H,6,7)/t15-,20-;/m1./s1. The number of carbonyl (C=O) groups is 5. The van der Waals surface area contributed by atoms with Gasteiger partial charge in [0.25, 0.3) is 11.8 Å². The number of carboxylic acids is 2. The van der Waals surface area contributed by atoms with Gasteiger partial charge in [-0.3, -0.25) is 19.3 Å². The SMILES string of the molecule is CON=C(C(=O)N[C@@H]1C(=O)N2C(C(=O)O)=C(C=C3CCN(CC4CC4)C3=O)CS[C@H]12)c1csc(N)n1.O=C(O)C(F)(F)F. The zero-order valence-corrected chi connectivity index (χ0v) is 23.9. The summed E-state index contributed by atoms with van der Waals surface area (Å²) < 4.78 is 31.7. The van der Waals surface area contributed by atoms with E-state index in [4.69, 9.17) is 20.5 Å². The number of hydrogen-bond acceptors (Lipinski definition) is 11. The van der Waals surface area contributed by atoms with Crippen molar-refractivity contribution in [1.29, 1.82) is 0 Å². The van der Waals surface area contributed by atoms with Gasteiger partial charge < -0.3 is 31.0 Å². The number of nitrogens with one attached hydrogen (secondary N) is 1. The molecule has 5 N–H and O–H groups in total. The second-order valence-electron chi connectivity index (χ2n) is 9.65. The summed E-state index contributed by atoms with van der Waals surface area (Å²) in [6, 6.07) is -0.953. The largest absolute Gasteiger partial charge is 0.490 e. The highest BCUT2D eigenvalue weighted by atomic mass is 32.2. The molecule has 5 rings (SSSR count). The molecule has 2 atom stereocenters. The molecule has 0 spiro atoms. The van der Waals surface area contributed by atoms with Crippen LogP contribution < -0.4 is 11.1 Å². The first-order valence-corrected chi connectivity index (χ1v) is 14.5. The highest BCUT2D eigenvalue weighted by Gasteiger charge is 2.54. The van der Waals surface area contributed by atoms with E-state index < -0.39 is 41.3 Å². The number of fused-ring (bicyclic) bond motifs is 1. The number of likely N-dealkylation sites (tertiary alicyclic amines) is 1. The molecule has 1 aromatic rings. The summed E-state index contributed by atoms with van der Waals surface area (Å²) in [4.78, 5) is 71.4. The molecule has 4 heterocycles. The summed E-state index contributed by atoms with van der Waals surface area (Å²) in [6.07, 6.45) is -0.635. The Morgan fingerprint density at radius 2 is 1.95 bits per heavy atom. The van der Waals surface area contributed by atoms with Crippen molar-refractivity contribution in [2.45, 2.75) is 36.9 Å². The van der Waals surface area contributed by atoms with Crippen molar-refractivity contribution in [2.24, 2.45) is 11.1 Å². The van der Waals surface area contributed by atoms with Gasteiger partial charge in [-0.1, -0.05) is 5.16 Å². The predicted octanol–water partition coefficient (Wildman–Crippen LogP) is 1.02. The van der Waals surface area contributed by atoms with E-state index >= 15 is 0 Å². The zero-order chi connectivity index (χ0) is 31.6. The van der Waals surface area contributed by atoms with Crippen LogP contribution in [0.4, 0.5) is 18.3 Å². The Bertz CT molecular complexity index is 1440. The molecule has 1 aromatic heterocycles. The van der Waals surface area contributed by atoms with Gasteiger partial charge in [0, 0.05) is 29.8 Å². The molecule has 0 aromatic carbocycles. The van der Waals surface area contributed by atoms with Crippen molar-refractivity contribution in [2.75, 3.05) is 31.7 Å². The van der Waals surface area contributed by atoms with Crippen LogP contribution in [-0.2, 0) is 28.8 Å². The lowest BCUT2D eigenvalue weighted by Gasteiger charge is -2.49. The average Bonchev–Trinajstić information content (AvgIpc) is 3.57. The first-order chi connectivity index (χ1) is 20.2. The number of amides is 3. The van der Waals surface area contributed by atoms with Crippen molar-refractivity contribution >= 4 is 63.6 Å². The third-order valence-corrected chi connectivity index (χ3v) is 8.60. The first kappa shape index (κ1) is 31.8. The van der Waals surface area contributed by atoms with Crippen LogP contribution in [0, 0.1) is 5.92 Å². The smallest absolute Gasteiger partial charge is 0.477 e. The van der Waals surface area contributed by atoms with E-state index in [9.17, 15) is 37.5 Å². The number of anilines is 1. The summed E-state index contributed by atoms with van der Waals surface area (Å²) in [5.41, 5.74) is 6.51. The summed E-state index contributed by atoms with van der Waals surface area (Å²) in [6.45, 7) is 1.37. The summed E-state index contributed by atoms with van der Waals surface area (Å²) >= 11 is 2.45. The lowest BCUT2D eigenvalue weighted by molar-refractivity contribution is -0.192. The number of aliphatic carboxylic acids is 2. The molecular weight excluding hydrogens is 621 g/mol. The number of nitrogen functional groups attached to an aromatic ring is 1. The van der Waals surface area contributed by atoms with Crippen molar-refractivity contribution in [1.82, 2.24) is 20.1 Å². The maximum atomic E-state index is 13.0. The molecule has 19 heteroatoms. The fourth-order valence-corrected chi connectivity index (χ4v) is 6.31. The summed E-state index contributed by atoms with van der Waals surface area (Å²) in [5, 5.41) is 24.5. The van der Waals surface area contributed by atoms with E-state index in [-0.39, 0.29) is 33.9 Å². The van der Waals surface area contributed by atoms with Crippen LogP contribution in [0.3, 0.4) is 0 Å². The molecule has 3 aliphatic heterocycles. The average molecular weight is 647 g/mol. The molecule has 0 radical (unpaired) electrons. The van der Waals surface area contributed by atoms with Crippen LogP contribution >= 0.6 is 23.1 Å². The number of thioether (sulfide) groups is 1. The minimum Gasteiger partial charge on any atom is -0.477 e. The van der Waals surface area contributed by atoms with E-state index in [0.29, 0.717) is 30.0 Å². The highest BCUT2D eigenvalue weighted by Crippen LogP contribution is 2.41. The topological polar surface area (TPSA) is 205 Å². The van der Waals surface area contributed by atoms with E-state index in [2.05, 4.69) is 15.5 Å². The molecule has 0 unspecified atom stereocenters. The second-order valence-corrected chi connectivity index (χ2v) is 11.6. The number of thiazole rings is 1. The fraction of sp³-hybridized carbons (Fsp3) is 0.458. The van der Waals surface area contributed by atoms with Crippen molar-refractivity contribution in [3.05, 3.63) is 34.0 Å². The molecule has 3 fully saturated rings. The van der Waals surface area contributed by atoms with Crippen LogP contribution in [-0.4, -0.2) is 104 Å². The quantitative estimate of drug-likeness (QED) is 0.136. The third-order valence-electron chi connectivity index (χ3n) is 6.63. The number of nitrogens with zero attached hydrogens (tertiary/aromatic N) is 4. The van der Waals surface area contributed by atoms with E-state index in [1.165, 1.54) is 29.2 Å². The number of nitrogens with two attached hydrogens (primary N) is 1. The Kier molecular flexibility index (Phi) is 9.33. The van der Waals surface area contributed by atoms with Gasteiger partial charge in [0.05, 0.1) is 0 Å². The zero-order valence-electron chi connectivity index (χ0n) is 22.3. The van der Waals surface area contributed by atoms with Gasteiger partial charge in [-0.2, -0.15) is 13.2 Å². The van der Waals surface area contributed by atoms with Crippen LogP contribution in [0.15, 0.2) is 33.5 Å². The number of allylic oxidation sites excluding steroid dienone is 1. The number of halogens is 3. The van der Waals surface area contributed by atoms with Crippen LogP contribution in [0.5, 0.6) is 0 Å². The van der Waals surface area contributed by atoms with E-state index in [1.807, 2.05) is 4.90 Å². The fourth-order valence-electron chi connectivity index (χ4n) is 4.45. The van der Waals surface area contributed by atoms with Crippen molar-refractivity contribution in [3.8, 4) is 0 Å². The Morgan fingerprint density at radius 1 is 1.28 bits per heavy atom. The summed E-state index contributed by atoms with van der Waals surface area (Å²) in [7, 11) is 1.27. The first-order valence-electron chi connectivity index (χ1n) is 12.6. The van der Waals surface area contributed by atoms with Crippen molar-refractivity contribution < 1.29 is 52.2 Å². The minimum atomic E-state index is -5.08. The van der Waals surface area contributed by atoms with Gasteiger partial charge in [0.15, 0.2) is 10.8 Å². The number of rotatable bonds is 8. The molecular formula is C24H25F3N6O8S2. The Hall–Kier alpha value is -4.13. The number of aromatic nitrogens is 1. The molecule has 3 amide bonds. The number of alkyl halides is 3. The molecule has 43 heavy (non-hydrogen) atoms. The third kappa shape index (κ3) is 7.10.